The van der Waals surface area contributed by atoms with E-state index in [1.807, 2.05) is 18.2 Å². The van der Waals surface area contributed by atoms with Crippen LogP contribution in [-0.2, 0) is 9.31 Å². The summed E-state index contributed by atoms with van der Waals surface area (Å²) >= 11 is 0. The molecule has 2 rings (SSSR count). The predicted molar refractivity (Wildman–Crippen MR) is 48.6 cm³/mol. The minimum Gasteiger partial charge on any atom is -0.536 e. The summed E-state index contributed by atoms with van der Waals surface area (Å²) in [5.74, 6) is 0.640. The van der Waals surface area contributed by atoms with Gasteiger partial charge in [0.1, 0.15) is 11.9 Å². The molecule has 2 atom stereocenters. The zero-order valence-corrected chi connectivity index (χ0v) is 7.43. The van der Waals surface area contributed by atoms with Crippen molar-refractivity contribution in [2.75, 3.05) is 0 Å². The van der Waals surface area contributed by atoms with Crippen LogP contribution < -0.4 is 0 Å². The second-order valence-electron chi connectivity index (χ2n) is 3.26. The summed E-state index contributed by atoms with van der Waals surface area (Å²) in [6.07, 6.45) is 6.77. The molecule has 0 saturated carbocycles. The first-order chi connectivity index (χ1) is 6.31. The van der Waals surface area contributed by atoms with Gasteiger partial charge >= 0.3 is 7.12 Å². The van der Waals surface area contributed by atoms with Crippen LogP contribution in [0.25, 0.3) is 0 Å². The third kappa shape index (κ3) is 1.47. The first kappa shape index (κ1) is 8.40. The molecule has 0 aromatic rings. The van der Waals surface area contributed by atoms with Gasteiger partial charge in [0.05, 0.1) is 11.9 Å². The van der Waals surface area contributed by atoms with E-state index in [9.17, 15) is 0 Å². The Morgan fingerprint density at radius 2 is 2.62 bits per heavy atom. The molecule has 66 valence electrons. The molecule has 1 aliphatic carbocycles. The highest BCUT2D eigenvalue weighted by molar-refractivity contribution is 6.48. The van der Waals surface area contributed by atoms with E-state index in [-0.39, 0.29) is 19.0 Å². The van der Waals surface area contributed by atoms with Crippen molar-refractivity contribution >= 4 is 7.12 Å². The second kappa shape index (κ2) is 3.27. The fraction of sp³-hybridized carbons (Fsp3) is 0.444. The Bertz CT molecular complexity index is 305. The minimum atomic E-state index is -0.388. The van der Waals surface area contributed by atoms with Crippen molar-refractivity contribution in [3.63, 3.8) is 0 Å². The largest absolute Gasteiger partial charge is 0.543 e. The molecule has 1 unspecified atom stereocenters. The van der Waals surface area contributed by atoms with Crippen LogP contribution in [0.5, 0.6) is 0 Å². The van der Waals surface area contributed by atoms with Crippen LogP contribution in [0.15, 0.2) is 24.0 Å². The Labute approximate surface area is 77.8 Å². The van der Waals surface area contributed by atoms with Gasteiger partial charge in [0, 0.05) is 0 Å². The lowest BCUT2D eigenvalue weighted by atomic mass is 9.74. The van der Waals surface area contributed by atoms with Gasteiger partial charge in [0.2, 0.25) is 0 Å². The Balaban J connectivity index is 2.07. The summed E-state index contributed by atoms with van der Waals surface area (Å²) in [7, 11) is -0.388. The summed E-state index contributed by atoms with van der Waals surface area (Å²) in [6.45, 7) is 1.80. The maximum atomic E-state index is 8.68. The van der Waals surface area contributed by atoms with Crippen LogP contribution in [0.4, 0.5) is 0 Å². The average Bonchev–Trinajstić information content (AvgIpc) is 2.59. The zero-order valence-electron chi connectivity index (χ0n) is 7.43. The molecule has 0 aromatic heterocycles. The van der Waals surface area contributed by atoms with Gasteiger partial charge in [-0.15, -0.1) is 0 Å². The fourth-order valence-corrected chi connectivity index (χ4v) is 1.43. The lowest BCUT2D eigenvalue weighted by Gasteiger charge is -2.09. The molecule has 0 spiro atoms. The average molecular weight is 175 g/mol. The van der Waals surface area contributed by atoms with E-state index < -0.39 is 0 Å². The van der Waals surface area contributed by atoms with E-state index in [2.05, 4.69) is 6.07 Å². The smallest absolute Gasteiger partial charge is 0.536 e. The summed E-state index contributed by atoms with van der Waals surface area (Å²) in [5.41, 5.74) is 0. The molecule has 1 aliphatic heterocycles. The van der Waals surface area contributed by atoms with Gasteiger partial charge in [-0.1, -0.05) is 12.2 Å². The topological polar surface area (TPSA) is 42.2 Å². The summed E-state index contributed by atoms with van der Waals surface area (Å²) in [6, 6.07) is 2.12. The molecule has 1 fully saturated rings. The van der Waals surface area contributed by atoms with Crippen molar-refractivity contribution in [2.45, 2.75) is 25.3 Å². The van der Waals surface area contributed by atoms with E-state index in [1.54, 1.807) is 6.92 Å². The molecular formula is C9H10BNO2. The van der Waals surface area contributed by atoms with Crippen LogP contribution in [0, 0.1) is 11.3 Å². The molecule has 2 aliphatic rings. The van der Waals surface area contributed by atoms with Gasteiger partial charge in [-0.2, -0.15) is 5.26 Å². The number of fused-ring (bicyclic) bond motifs is 1. The number of nitriles is 1. The van der Waals surface area contributed by atoms with Crippen molar-refractivity contribution in [1.82, 2.24) is 0 Å². The predicted octanol–water partition coefficient (Wildman–Crippen LogP) is 1.65. The molecule has 1 heterocycles. The van der Waals surface area contributed by atoms with Crippen LogP contribution >= 0.6 is 0 Å². The Kier molecular flexibility index (Phi) is 2.11. The van der Waals surface area contributed by atoms with E-state index in [0.717, 1.165) is 12.2 Å². The van der Waals surface area contributed by atoms with Crippen molar-refractivity contribution < 1.29 is 9.31 Å². The molecule has 13 heavy (non-hydrogen) atoms. The highest BCUT2D eigenvalue weighted by Gasteiger charge is 2.40. The maximum Gasteiger partial charge on any atom is 0.543 e. The van der Waals surface area contributed by atoms with Crippen molar-refractivity contribution in [2.24, 2.45) is 0 Å². The van der Waals surface area contributed by atoms with Crippen LogP contribution in [0.1, 0.15) is 13.3 Å². The number of nitrogens with zero attached hydrogens (tertiary/aromatic N) is 1. The van der Waals surface area contributed by atoms with Crippen molar-refractivity contribution in [3.8, 4) is 6.07 Å². The SMILES string of the molecule is CC(C#N)B1OC2=CC=CC[C@H]2O1. The van der Waals surface area contributed by atoms with Crippen LogP contribution in [0.2, 0.25) is 5.82 Å². The molecule has 0 N–H and O–H groups in total. The number of hydrogen-bond donors (Lipinski definition) is 0. The van der Waals surface area contributed by atoms with Gasteiger partial charge in [0.25, 0.3) is 0 Å². The monoisotopic (exact) mass is 175 g/mol. The molecule has 3 nitrogen and oxygen atoms in total. The zero-order chi connectivity index (χ0) is 9.26. The van der Waals surface area contributed by atoms with Gasteiger partial charge in [-0.25, -0.2) is 0 Å². The Morgan fingerprint density at radius 1 is 1.77 bits per heavy atom. The number of allylic oxidation sites excluding steroid dienone is 2. The number of hydrogen-bond acceptors (Lipinski definition) is 3. The van der Waals surface area contributed by atoms with Gasteiger partial charge in [0.15, 0.2) is 0 Å². The third-order valence-corrected chi connectivity index (χ3v) is 2.23. The molecule has 0 radical (unpaired) electrons. The lowest BCUT2D eigenvalue weighted by Crippen LogP contribution is -2.20. The number of rotatable bonds is 1. The minimum absolute atomic E-state index is 0.0331. The van der Waals surface area contributed by atoms with Crippen LogP contribution in [-0.4, -0.2) is 13.2 Å². The van der Waals surface area contributed by atoms with E-state index in [0.29, 0.717) is 0 Å². The first-order valence-corrected chi connectivity index (χ1v) is 4.39. The van der Waals surface area contributed by atoms with E-state index in [1.165, 1.54) is 0 Å². The van der Waals surface area contributed by atoms with Crippen molar-refractivity contribution in [1.29, 1.82) is 5.26 Å². The van der Waals surface area contributed by atoms with Crippen molar-refractivity contribution in [3.05, 3.63) is 24.0 Å². The van der Waals surface area contributed by atoms with Gasteiger partial charge < -0.3 is 9.31 Å². The van der Waals surface area contributed by atoms with Gasteiger partial charge in [-0.3, -0.25) is 0 Å². The van der Waals surface area contributed by atoms with E-state index in [4.69, 9.17) is 14.6 Å². The Morgan fingerprint density at radius 3 is 3.31 bits per heavy atom. The molecule has 0 aromatic carbocycles. The highest BCUT2D eigenvalue weighted by atomic mass is 16.6. The standard InChI is InChI=1S/C9H10BNO2/c1-7(6-11)10-12-8-4-2-3-5-9(8)13-10/h2-4,7,9H,5H2,1H3/t7?,9-/m1/s1. The molecular weight excluding hydrogens is 165 g/mol. The van der Waals surface area contributed by atoms with Crippen LogP contribution in [0.3, 0.4) is 0 Å². The highest BCUT2D eigenvalue weighted by Crippen LogP contribution is 2.30. The van der Waals surface area contributed by atoms with Gasteiger partial charge in [-0.05, 0) is 19.4 Å². The maximum absolute atomic E-state index is 8.68. The lowest BCUT2D eigenvalue weighted by molar-refractivity contribution is 0.263. The molecule has 4 heteroatoms. The first-order valence-electron chi connectivity index (χ1n) is 4.39. The quantitative estimate of drug-likeness (QED) is 0.569. The fourth-order valence-electron chi connectivity index (χ4n) is 1.43. The molecule has 0 amide bonds. The molecule has 0 bridgehead atoms. The summed E-state index contributed by atoms with van der Waals surface area (Å²) in [5, 5.41) is 8.68. The third-order valence-electron chi connectivity index (χ3n) is 2.23. The summed E-state index contributed by atoms with van der Waals surface area (Å²) < 4.78 is 11.0. The molecule has 1 saturated heterocycles. The van der Waals surface area contributed by atoms with E-state index >= 15 is 0 Å². The normalized spacial score (nSPS) is 27.2. The second-order valence-corrected chi connectivity index (χ2v) is 3.26. The Hall–Kier alpha value is -1.21. The summed E-state index contributed by atoms with van der Waals surface area (Å²) in [4.78, 5) is 0.